The Kier molecular flexibility index (Phi) is 3.02. The molecule has 2 rings (SSSR count). The fourth-order valence-electron chi connectivity index (χ4n) is 3.02. The predicted molar refractivity (Wildman–Crippen MR) is 64.8 cm³/mol. The molecule has 1 nitrogen and oxygen atoms in total. The summed E-state index contributed by atoms with van der Waals surface area (Å²) in [6, 6.07) is 5.18. The van der Waals surface area contributed by atoms with Crippen LogP contribution in [0.5, 0.6) is 0 Å². The Bertz CT molecular complexity index is 382. The van der Waals surface area contributed by atoms with Crippen LogP contribution in [0.3, 0.4) is 0 Å². The molecule has 2 heteroatoms. The molecule has 1 aliphatic carbocycles. The average Bonchev–Trinajstić information content (AvgIpc) is 2.30. The highest BCUT2D eigenvalue weighted by Gasteiger charge is 2.36. The van der Waals surface area contributed by atoms with Gasteiger partial charge < -0.3 is 5.73 Å². The second-order valence-electron chi connectivity index (χ2n) is 4.86. The van der Waals surface area contributed by atoms with Crippen LogP contribution in [0.2, 0.25) is 0 Å². The van der Waals surface area contributed by atoms with E-state index in [4.69, 9.17) is 5.73 Å². The maximum absolute atomic E-state index is 13.4. The lowest BCUT2D eigenvalue weighted by atomic mass is 9.65. The van der Waals surface area contributed by atoms with Gasteiger partial charge in [0.2, 0.25) is 0 Å². The fourth-order valence-corrected chi connectivity index (χ4v) is 3.02. The molecular formula is C14H20FN. The standard InChI is InChI=1S/C14H20FN/c1-3-14(4-2)8-7-13(16)11-6-5-10(15)9-12(11)14/h5-6,9,13H,3-4,7-8,16H2,1-2H3. The molecule has 88 valence electrons. The molecule has 0 saturated carbocycles. The van der Waals surface area contributed by atoms with E-state index in [0.717, 1.165) is 36.8 Å². The van der Waals surface area contributed by atoms with Crippen molar-refractivity contribution in [3.63, 3.8) is 0 Å². The Morgan fingerprint density at radius 3 is 2.69 bits per heavy atom. The van der Waals surface area contributed by atoms with Crippen LogP contribution in [-0.4, -0.2) is 0 Å². The van der Waals surface area contributed by atoms with E-state index in [-0.39, 0.29) is 17.3 Å². The summed E-state index contributed by atoms with van der Waals surface area (Å²) < 4.78 is 13.4. The van der Waals surface area contributed by atoms with Gasteiger partial charge in [-0.05, 0) is 54.4 Å². The molecule has 0 radical (unpaired) electrons. The highest BCUT2D eigenvalue weighted by molar-refractivity contribution is 5.39. The summed E-state index contributed by atoms with van der Waals surface area (Å²) in [5.41, 5.74) is 8.55. The zero-order chi connectivity index (χ0) is 11.8. The van der Waals surface area contributed by atoms with Crippen molar-refractivity contribution in [2.24, 2.45) is 5.73 Å². The van der Waals surface area contributed by atoms with Crippen LogP contribution in [0.25, 0.3) is 0 Å². The van der Waals surface area contributed by atoms with Crippen LogP contribution in [0, 0.1) is 5.82 Å². The van der Waals surface area contributed by atoms with Crippen LogP contribution in [0.15, 0.2) is 18.2 Å². The second-order valence-corrected chi connectivity index (χ2v) is 4.86. The van der Waals surface area contributed by atoms with E-state index in [1.165, 1.54) is 6.07 Å². The van der Waals surface area contributed by atoms with Crippen molar-refractivity contribution < 1.29 is 4.39 Å². The molecule has 0 aliphatic heterocycles. The first kappa shape index (κ1) is 11.6. The molecule has 2 N–H and O–H groups in total. The van der Waals surface area contributed by atoms with Gasteiger partial charge in [-0.3, -0.25) is 0 Å². The summed E-state index contributed by atoms with van der Waals surface area (Å²) in [6.07, 6.45) is 4.22. The van der Waals surface area contributed by atoms with Crippen LogP contribution in [0.1, 0.15) is 56.7 Å². The highest BCUT2D eigenvalue weighted by atomic mass is 19.1. The molecule has 0 spiro atoms. The summed E-state index contributed by atoms with van der Waals surface area (Å²) in [4.78, 5) is 0. The van der Waals surface area contributed by atoms with Gasteiger partial charge in [-0.15, -0.1) is 0 Å². The third-order valence-corrected chi connectivity index (χ3v) is 4.27. The zero-order valence-electron chi connectivity index (χ0n) is 10.1. The quantitative estimate of drug-likeness (QED) is 0.810. The molecule has 1 aliphatic rings. The van der Waals surface area contributed by atoms with Gasteiger partial charge >= 0.3 is 0 Å². The Morgan fingerprint density at radius 1 is 1.38 bits per heavy atom. The smallest absolute Gasteiger partial charge is 0.123 e. The number of hydrogen-bond donors (Lipinski definition) is 1. The summed E-state index contributed by atoms with van der Waals surface area (Å²) in [5.74, 6) is -0.140. The van der Waals surface area contributed by atoms with Crippen molar-refractivity contribution >= 4 is 0 Å². The Morgan fingerprint density at radius 2 is 2.06 bits per heavy atom. The number of benzene rings is 1. The summed E-state index contributed by atoms with van der Waals surface area (Å²) in [6.45, 7) is 4.38. The van der Waals surface area contributed by atoms with Gasteiger partial charge in [0.15, 0.2) is 0 Å². The van der Waals surface area contributed by atoms with Gasteiger partial charge in [0, 0.05) is 6.04 Å². The molecule has 1 atom stereocenters. The third-order valence-electron chi connectivity index (χ3n) is 4.27. The molecule has 0 fully saturated rings. The number of hydrogen-bond acceptors (Lipinski definition) is 1. The van der Waals surface area contributed by atoms with Crippen molar-refractivity contribution in [2.45, 2.75) is 51.0 Å². The average molecular weight is 221 g/mol. The largest absolute Gasteiger partial charge is 0.324 e. The molecule has 0 bridgehead atoms. The Balaban J connectivity index is 2.57. The molecule has 1 unspecified atom stereocenters. The van der Waals surface area contributed by atoms with Crippen molar-refractivity contribution in [3.8, 4) is 0 Å². The lowest BCUT2D eigenvalue weighted by Crippen LogP contribution is -2.33. The van der Waals surface area contributed by atoms with Crippen LogP contribution >= 0.6 is 0 Å². The third kappa shape index (κ3) is 1.65. The normalized spacial score (nSPS) is 22.9. The van der Waals surface area contributed by atoms with Crippen molar-refractivity contribution in [2.75, 3.05) is 0 Å². The van der Waals surface area contributed by atoms with Crippen LogP contribution in [0.4, 0.5) is 4.39 Å². The predicted octanol–water partition coefficient (Wildman–Crippen LogP) is 3.68. The Labute approximate surface area is 96.9 Å². The zero-order valence-corrected chi connectivity index (χ0v) is 10.1. The van der Waals surface area contributed by atoms with E-state index in [1.54, 1.807) is 6.07 Å². The number of rotatable bonds is 2. The molecule has 0 amide bonds. The molecule has 1 aromatic carbocycles. The van der Waals surface area contributed by atoms with Gasteiger partial charge in [0.1, 0.15) is 5.82 Å². The maximum Gasteiger partial charge on any atom is 0.123 e. The fraction of sp³-hybridized carbons (Fsp3) is 0.571. The van der Waals surface area contributed by atoms with Gasteiger partial charge in [-0.1, -0.05) is 19.9 Å². The SMILES string of the molecule is CCC1(CC)CCC(N)c2ccc(F)cc21. The van der Waals surface area contributed by atoms with Crippen LogP contribution < -0.4 is 5.73 Å². The summed E-state index contributed by atoms with van der Waals surface area (Å²) in [7, 11) is 0. The molecular weight excluding hydrogens is 201 g/mol. The molecule has 1 aromatic rings. The molecule has 0 aromatic heterocycles. The number of fused-ring (bicyclic) bond motifs is 1. The molecule has 0 heterocycles. The van der Waals surface area contributed by atoms with E-state index in [9.17, 15) is 4.39 Å². The van der Waals surface area contributed by atoms with E-state index < -0.39 is 0 Å². The minimum Gasteiger partial charge on any atom is -0.324 e. The number of nitrogens with two attached hydrogens (primary N) is 1. The van der Waals surface area contributed by atoms with E-state index in [0.29, 0.717) is 0 Å². The first-order chi connectivity index (χ1) is 7.63. The first-order valence-corrected chi connectivity index (χ1v) is 6.18. The maximum atomic E-state index is 13.4. The monoisotopic (exact) mass is 221 g/mol. The lowest BCUT2D eigenvalue weighted by molar-refractivity contribution is 0.313. The molecule has 0 saturated heterocycles. The lowest BCUT2D eigenvalue weighted by Gasteiger charge is -2.40. The highest BCUT2D eigenvalue weighted by Crippen LogP contribution is 2.45. The summed E-state index contributed by atoms with van der Waals surface area (Å²) >= 11 is 0. The minimum atomic E-state index is -0.140. The van der Waals surface area contributed by atoms with Crippen LogP contribution in [-0.2, 0) is 5.41 Å². The van der Waals surface area contributed by atoms with Crippen molar-refractivity contribution in [1.82, 2.24) is 0 Å². The minimum absolute atomic E-state index is 0.0850. The van der Waals surface area contributed by atoms with Crippen molar-refractivity contribution in [1.29, 1.82) is 0 Å². The topological polar surface area (TPSA) is 26.0 Å². The second kappa shape index (κ2) is 4.17. The first-order valence-electron chi connectivity index (χ1n) is 6.18. The summed E-state index contributed by atoms with van der Waals surface area (Å²) in [5, 5.41) is 0. The van der Waals surface area contributed by atoms with Gasteiger partial charge in [-0.2, -0.15) is 0 Å². The Hall–Kier alpha value is -0.890. The number of halogens is 1. The van der Waals surface area contributed by atoms with Gasteiger partial charge in [0.25, 0.3) is 0 Å². The van der Waals surface area contributed by atoms with E-state index in [2.05, 4.69) is 13.8 Å². The van der Waals surface area contributed by atoms with E-state index in [1.807, 2.05) is 6.07 Å². The van der Waals surface area contributed by atoms with Gasteiger partial charge in [-0.25, -0.2) is 4.39 Å². The van der Waals surface area contributed by atoms with Gasteiger partial charge in [0.05, 0.1) is 0 Å². The molecule has 16 heavy (non-hydrogen) atoms. The van der Waals surface area contributed by atoms with E-state index >= 15 is 0 Å². The van der Waals surface area contributed by atoms with Crippen molar-refractivity contribution in [3.05, 3.63) is 35.1 Å².